The average Bonchev–Trinajstić information content (AvgIpc) is 2.37. The Balaban J connectivity index is 2.33. The Labute approximate surface area is 124 Å². The summed E-state index contributed by atoms with van der Waals surface area (Å²) >= 11 is 3.40. The van der Waals surface area contributed by atoms with E-state index in [9.17, 15) is 8.42 Å². The van der Waals surface area contributed by atoms with Gasteiger partial charge in [-0.15, -0.1) is 0 Å². The van der Waals surface area contributed by atoms with Crippen molar-refractivity contribution in [2.45, 2.75) is 26.3 Å². The van der Waals surface area contributed by atoms with E-state index in [4.69, 9.17) is 0 Å². The van der Waals surface area contributed by atoms with Gasteiger partial charge in [0.25, 0.3) is 0 Å². The van der Waals surface area contributed by atoms with Crippen LogP contribution in [0.2, 0.25) is 0 Å². The Morgan fingerprint density at radius 3 is 2.63 bits per heavy atom. The number of nitrogens with one attached hydrogen (secondary N) is 2. The first-order valence-corrected chi connectivity index (χ1v) is 8.91. The summed E-state index contributed by atoms with van der Waals surface area (Å²) < 4.78 is 27.2. The number of hydrogen-bond acceptors (Lipinski definition) is 3. The van der Waals surface area contributed by atoms with Gasteiger partial charge in [0.15, 0.2) is 0 Å². The monoisotopic (exact) mass is 348 g/mol. The molecule has 0 aliphatic rings. The number of unbranched alkanes of at least 4 members (excludes halogenated alkanes) is 1. The van der Waals surface area contributed by atoms with Crippen molar-refractivity contribution >= 4 is 26.0 Å². The first kappa shape index (κ1) is 16.6. The maximum atomic E-state index is 11.8. The van der Waals surface area contributed by atoms with Gasteiger partial charge in [-0.3, -0.25) is 0 Å². The summed E-state index contributed by atoms with van der Waals surface area (Å²) in [4.78, 5) is 0. The van der Waals surface area contributed by atoms with Gasteiger partial charge in [-0.1, -0.05) is 41.1 Å². The van der Waals surface area contributed by atoms with Crippen molar-refractivity contribution in [1.29, 1.82) is 0 Å². The van der Waals surface area contributed by atoms with Gasteiger partial charge in [-0.05, 0) is 37.6 Å². The number of hydrogen-bond donors (Lipinski definition) is 2. The third-order valence-electron chi connectivity index (χ3n) is 2.71. The first-order chi connectivity index (χ1) is 9.05. The average molecular weight is 349 g/mol. The van der Waals surface area contributed by atoms with Gasteiger partial charge in [0.1, 0.15) is 0 Å². The Kier molecular flexibility index (Phi) is 7.60. The Morgan fingerprint density at radius 1 is 1.21 bits per heavy atom. The zero-order valence-corrected chi connectivity index (χ0v) is 13.6. The molecule has 0 bridgehead atoms. The third kappa shape index (κ3) is 7.06. The van der Waals surface area contributed by atoms with Crippen LogP contribution in [0.15, 0.2) is 28.7 Å². The molecule has 0 atom stereocenters. The van der Waals surface area contributed by atoms with Crippen molar-refractivity contribution in [1.82, 2.24) is 10.0 Å². The lowest BCUT2D eigenvalue weighted by Gasteiger charge is -2.08. The van der Waals surface area contributed by atoms with Crippen LogP contribution in [0.5, 0.6) is 0 Å². The zero-order chi connectivity index (χ0) is 14.1. The lowest BCUT2D eigenvalue weighted by atomic mass is 10.2. The molecular formula is C13H21BrN2O2S. The molecule has 0 saturated carbocycles. The minimum absolute atomic E-state index is 0.183. The van der Waals surface area contributed by atoms with Gasteiger partial charge in [0.2, 0.25) is 10.0 Å². The van der Waals surface area contributed by atoms with Crippen molar-refractivity contribution < 1.29 is 8.42 Å². The minimum atomic E-state index is -3.18. The van der Waals surface area contributed by atoms with Crippen LogP contribution in [-0.4, -0.2) is 27.3 Å². The van der Waals surface area contributed by atoms with Gasteiger partial charge in [0.05, 0.1) is 5.75 Å². The van der Waals surface area contributed by atoms with Crippen LogP contribution in [0.1, 0.15) is 25.3 Å². The van der Waals surface area contributed by atoms with E-state index in [1.807, 2.05) is 31.2 Å². The third-order valence-corrected chi connectivity index (χ3v) is 4.89. The van der Waals surface area contributed by atoms with E-state index >= 15 is 0 Å². The van der Waals surface area contributed by atoms with Crippen molar-refractivity contribution in [2.24, 2.45) is 0 Å². The van der Waals surface area contributed by atoms with Crippen LogP contribution < -0.4 is 10.0 Å². The summed E-state index contributed by atoms with van der Waals surface area (Å²) in [6, 6.07) is 7.60. The maximum Gasteiger partial charge on any atom is 0.211 e. The summed E-state index contributed by atoms with van der Waals surface area (Å²) in [6.07, 6.45) is 1.56. The van der Waals surface area contributed by atoms with Gasteiger partial charge in [-0.25, -0.2) is 13.1 Å². The van der Waals surface area contributed by atoms with Crippen molar-refractivity contribution in [3.63, 3.8) is 0 Å². The lowest BCUT2D eigenvalue weighted by Crippen LogP contribution is -2.26. The highest BCUT2D eigenvalue weighted by Gasteiger charge is 2.10. The van der Waals surface area contributed by atoms with E-state index in [1.165, 1.54) is 0 Å². The van der Waals surface area contributed by atoms with Crippen LogP contribution in [-0.2, 0) is 16.6 Å². The van der Waals surface area contributed by atoms with E-state index in [1.54, 1.807) is 0 Å². The number of halogens is 1. The molecule has 6 heteroatoms. The molecule has 0 fully saturated rings. The lowest BCUT2D eigenvalue weighted by molar-refractivity contribution is 0.574. The molecule has 1 aromatic rings. The fourth-order valence-corrected chi connectivity index (χ4v) is 3.15. The largest absolute Gasteiger partial charge is 0.317 e. The molecule has 0 radical (unpaired) electrons. The van der Waals surface area contributed by atoms with Gasteiger partial charge >= 0.3 is 0 Å². The summed E-state index contributed by atoms with van der Waals surface area (Å²) in [5.74, 6) is 0.183. The standard InChI is InChI=1S/C13H21BrN2O2S/c1-2-15-9-5-6-10-19(17,18)16-11-12-7-3-4-8-13(12)14/h3-4,7-8,15-16H,2,5-6,9-11H2,1H3. The Bertz CT molecular complexity index is 477. The normalized spacial score (nSPS) is 11.7. The van der Waals surface area contributed by atoms with Crippen LogP contribution in [0, 0.1) is 0 Å². The second-order valence-electron chi connectivity index (χ2n) is 4.29. The first-order valence-electron chi connectivity index (χ1n) is 6.46. The second-order valence-corrected chi connectivity index (χ2v) is 7.07. The smallest absolute Gasteiger partial charge is 0.211 e. The molecule has 0 aliphatic heterocycles. The number of rotatable bonds is 9. The molecule has 0 aliphatic carbocycles. The molecule has 0 spiro atoms. The highest BCUT2D eigenvalue weighted by molar-refractivity contribution is 9.10. The highest BCUT2D eigenvalue weighted by atomic mass is 79.9. The molecule has 0 aromatic heterocycles. The van der Waals surface area contributed by atoms with E-state index in [-0.39, 0.29) is 5.75 Å². The molecule has 0 amide bonds. The molecule has 0 unspecified atom stereocenters. The highest BCUT2D eigenvalue weighted by Crippen LogP contribution is 2.15. The van der Waals surface area contributed by atoms with Gasteiger partial charge in [-0.2, -0.15) is 0 Å². The van der Waals surface area contributed by atoms with E-state index in [2.05, 4.69) is 26.0 Å². The van der Waals surface area contributed by atoms with Crippen LogP contribution >= 0.6 is 15.9 Å². The van der Waals surface area contributed by atoms with Crippen molar-refractivity contribution in [3.8, 4) is 0 Å². The SMILES string of the molecule is CCNCCCCS(=O)(=O)NCc1ccccc1Br. The van der Waals surface area contributed by atoms with Gasteiger partial charge < -0.3 is 5.32 Å². The summed E-state index contributed by atoms with van der Waals surface area (Å²) in [7, 11) is -3.18. The molecule has 4 nitrogen and oxygen atoms in total. The molecule has 1 rings (SSSR count). The molecule has 1 aromatic carbocycles. The van der Waals surface area contributed by atoms with E-state index in [0.717, 1.165) is 29.5 Å². The predicted molar refractivity (Wildman–Crippen MR) is 82.5 cm³/mol. The Morgan fingerprint density at radius 2 is 1.95 bits per heavy atom. The van der Waals surface area contributed by atoms with Crippen LogP contribution in [0.25, 0.3) is 0 Å². The predicted octanol–water partition coefficient (Wildman–Crippen LogP) is 2.26. The summed E-state index contributed by atoms with van der Waals surface area (Å²) in [5.41, 5.74) is 0.943. The summed E-state index contributed by atoms with van der Waals surface area (Å²) in [5, 5.41) is 3.18. The molecule has 19 heavy (non-hydrogen) atoms. The molecule has 108 valence electrons. The topological polar surface area (TPSA) is 58.2 Å². The van der Waals surface area contributed by atoms with Crippen LogP contribution in [0.4, 0.5) is 0 Å². The fourth-order valence-electron chi connectivity index (χ4n) is 1.62. The van der Waals surface area contributed by atoms with Crippen molar-refractivity contribution in [2.75, 3.05) is 18.8 Å². The molecule has 2 N–H and O–H groups in total. The quantitative estimate of drug-likeness (QED) is 0.673. The molecule has 0 saturated heterocycles. The fraction of sp³-hybridized carbons (Fsp3) is 0.538. The minimum Gasteiger partial charge on any atom is -0.317 e. The van der Waals surface area contributed by atoms with E-state index < -0.39 is 10.0 Å². The summed E-state index contributed by atoms with van der Waals surface area (Å²) in [6.45, 7) is 4.16. The molecular weight excluding hydrogens is 328 g/mol. The molecule has 0 heterocycles. The zero-order valence-electron chi connectivity index (χ0n) is 11.2. The van der Waals surface area contributed by atoms with Gasteiger partial charge in [0, 0.05) is 11.0 Å². The van der Waals surface area contributed by atoms with E-state index in [0.29, 0.717) is 13.0 Å². The maximum absolute atomic E-state index is 11.8. The number of sulfonamides is 1. The van der Waals surface area contributed by atoms with Crippen molar-refractivity contribution in [3.05, 3.63) is 34.3 Å². The number of benzene rings is 1. The Hall–Kier alpha value is -0.430. The second kappa shape index (κ2) is 8.68. The van der Waals surface area contributed by atoms with Crippen LogP contribution in [0.3, 0.4) is 0 Å².